The monoisotopic (exact) mass is 519 g/mol. The van der Waals surface area contributed by atoms with Gasteiger partial charge in [0.25, 0.3) is 0 Å². The SMILES string of the molecule is NC[C@@H](O)C1[C@@H](C(=O)O)N(C2(c3ccccc3)c3ccccc3-c3ccccc32)C(=O)N1Cc1ccccc1. The van der Waals surface area contributed by atoms with Gasteiger partial charge in [0.05, 0.1) is 12.1 Å². The number of carboxylic acid groups (broad SMARTS) is 1. The van der Waals surface area contributed by atoms with Crippen LogP contribution in [0.1, 0.15) is 22.3 Å². The second-order valence-corrected chi connectivity index (χ2v) is 10.0. The van der Waals surface area contributed by atoms with Gasteiger partial charge in [-0.1, -0.05) is 109 Å². The summed E-state index contributed by atoms with van der Waals surface area (Å²) in [5.74, 6) is -1.20. The highest BCUT2D eigenvalue weighted by atomic mass is 16.4. The highest BCUT2D eigenvalue weighted by Gasteiger charge is 2.62. The number of fused-ring (bicyclic) bond motifs is 3. The molecule has 1 unspecified atom stereocenters. The molecule has 1 fully saturated rings. The predicted molar refractivity (Wildman–Crippen MR) is 148 cm³/mol. The fourth-order valence-electron chi connectivity index (χ4n) is 6.43. The number of rotatable bonds is 7. The Labute approximate surface area is 226 Å². The number of urea groups is 1. The number of hydrogen-bond donors (Lipinski definition) is 3. The van der Waals surface area contributed by atoms with E-state index in [4.69, 9.17) is 5.73 Å². The van der Waals surface area contributed by atoms with Gasteiger partial charge in [0.2, 0.25) is 0 Å². The van der Waals surface area contributed by atoms with Gasteiger partial charge in [-0.25, -0.2) is 9.59 Å². The van der Waals surface area contributed by atoms with Crippen molar-refractivity contribution in [2.45, 2.75) is 30.3 Å². The highest BCUT2D eigenvalue weighted by molar-refractivity contribution is 5.93. The lowest BCUT2D eigenvalue weighted by molar-refractivity contribution is -0.144. The van der Waals surface area contributed by atoms with Crippen LogP contribution in [0.15, 0.2) is 109 Å². The van der Waals surface area contributed by atoms with Crippen LogP contribution in [0.4, 0.5) is 4.79 Å². The zero-order chi connectivity index (χ0) is 27.1. The van der Waals surface area contributed by atoms with Gasteiger partial charge in [-0.15, -0.1) is 0 Å². The summed E-state index contributed by atoms with van der Waals surface area (Å²) in [4.78, 5) is 30.8. The smallest absolute Gasteiger partial charge is 0.328 e. The number of nitrogens with two attached hydrogens (primary N) is 1. The van der Waals surface area contributed by atoms with Crippen LogP contribution < -0.4 is 5.73 Å². The van der Waals surface area contributed by atoms with Crippen molar-refractivity contribution in [2.24, 2.45) is 5.73 Å². The van der Waals surface area contributed by atoms with E-state index in [-0.39, 0.29) is 13.1 Å². The van der Waals surface area contributed by atoms with Crippen molar-refractivity contribution < 1.29 is 19.8 Å². The number of hydrogen-bond acceptors (Lipinski definition) is 4. The van der Waals surface area contributed by atoms with Crippen molar-refractivity contribution in [3.63, 3.8) is 0 Å². The average molecular weight is 520 g/mol. The van der Waals surface area contributed by atoms with Gasteiger partial charge in [0.1, 0.15) is 5.54 Å². The van der Waals surface area contributed by atoms with Gasteiger partial charge in [0.15, 0.2) is 6.04 Å². The number of carbonyl (C=O) groups is 2. The van der Waals surface area contributed by atoms with Crippen molar-refractivity contribution in [1.29, 1.82) is 0 Å². The highest BCUT2D eigenvalue weighted by Crippen LogP contribution is 2.56. The summed E-state index contributed by atoms with van der Waals surface area (Å²) < 4.78 is 0. The molecule has 1 aliphatic heterocycles. The summed E-state index contributed by atoms with van der Waals surface area (Å²) in [6, 6.07) is 31.6. The van der Waals surface area contributed by atoms with Gasteiger partial charge in [-0.3, -0.25) is 4.90 Å². The molecule has 6 rings (SSSR count). The zero-order valence-corrected chi connectivity index (χ0v) is 21.2. The molecule has 4 N–H and O–H groups in total. The van der Waals surface area contributed by atoms with Crippen molar-refractivity contribution in [3.05, 3.63) is 131 Å². The minimum Gasteiger partial charge on any atom is -0.480 e. The Bertz CT molecular complexity index is 1480. The second-order valence-electron chi connectivity index (χ2n) is 10.0. The van der Waals surface area contributed by atoms with Crippen LogP contribution >= 0.6 is 0 Å². The second kappa shape index (κ2) is 9.69. The number of aliphatic carboxylic acids is 1. The molecule has 0 saturated carbocycles. The molecule has 0 aromatic heterocycles. The van der Waals surface area contributed by atoms with Crippen LogP contribution in [0.3, 0.4) is 0 Å². The summed E-state index contributed by atoms with van der Waals surface area (Å²) >= 11 is 0. The number of carbonyl (C=O) groups excluding carboxylic acids is 1. The predicted octanol–water partition coefficient (Wildman–Crippen LogP) is 4.04. The first-order valence-electron chi connectivity index (χ1n) is 13.0. The Hall–Kier alpha value is -4.46. The average Bonchev–Trinajstić information content (AvgIpc) is 3.43. The molecule has 1 aliphatic carbocycles. The molecular formula is C32H29N3O4. The molecule has 1 heterocycles. The molecule has 3 atom stereocenters. The molecule has 4 aromatic carbocycles. The number of amides is 2. The van der Waals surface area contributed by atoms with Crippen molar-refractivity contribution in [1.82, 2.24) is 9.80 Å². The lowest BCUT2D eigenvalue weighted by atomic mass is 9.78. The maximum atomic E-state index is 14.7. The van der Waals surface area contributed by atoms with E-state index in [1.54, 1.807) is 0 Å². The van der Waals surface area contributed by atoms with Crippen molar-refractivity contribution >= 4 is 12.0 Å². The maximum absolute atomic E-state index is 14.7. The van der Waals surface area contributed by atoms with E-state index in [0.29, 0.717) is 0 Å². The summed E-state index contributed by atoms with van der Waals surface area (Å²) in [5.41, 5.74) is 9.77. The van der Waals surface area contributed by atoms with Crippen LogP contribution in [-0.4, -0.2) is 56.7 Å². The quantitative estimate of drug-likeness (QED) is 0.342. The van der Waals surface area contributed by atoms with Crippen molar-refractivity contribution in [3.8, 4) is 11.1 Å². The Balaban J connectivity index is 1.66. The van der Waals surface area contributed by atoms with Crippen LogP contribution in [0.25, 0.3) is 11.1 Å². The molecule has 0 radical (unpaired) electrons. The van der Waals surface area contributed by atoms with Crippen molar-refractivity contribution in [2.75, 3.05) is 6.54 Å². The molecule has 7 heteroatoms. The van der Waals surface area contributed by atoms with Crippen LogP contribution in [0.2, 0.25) is 0 Å². The Morgan fingerprint density at radius 2 is 1.33 bits per heavy atom. The molecular weight excluding hydrogens is 490 g/mol. The summed E-state index contributed by atoms with van der Waals surface area (Å²) in [6.07, 6.45) is -1.25. The Kier molecular flexibility index (Phi) is 6.17. The number of benzene rings is 4. The van der Waals surface area contributed by atoms with Gasteiger partial charge < -0.3 is 20.8 Å². The third-order valence-corrected chi connectivity index (χ3v) is 7.97. The molecule has 0 spiro atoms. The fraction of sp³-hybridized carbons (Fsp3) is 0.188. The topological polar surface area (TPSA) is 107 Å². The molecule has 1 saturated heterocycles. The van der Waals surface area contributed by atoms with Gasteiger partial charge in [-0.05, 0) is 33.4 Å². The molecule has 0 bridgehead atoms. The van der Waals surface area contributed by atoms with Gasteiger partial charge in [-0.2, -0.15) is 0 Å². The number of aliphatic hydroxyl groups excluding tert-OH is 1. The maximum Gasteiger partial charge on any atom is 0.328 e. The van der Waals surface area contributed by atoms with Gasteiger partial charge in [0, 0.05) is 13.1 Å². The minimum atomic E-state index is -1.38. The molecule has 2 aliphatic rings. The summed E-state index contributed by atoms with van der Waals surface area (Å²) in [7, 11) is 0. The lowest BCUT2D eigenvalue weighted by Gasteiger charge is -2.43. The van der Waals surface area contributed by atoms with Crippen LogP contribution in [0.5, 0.6) is 0 Å². The number of carboxylic acids is 1. The van der Waals surface area contributed by atoms with Gasteiger partial charge >= 0.3 is 12.0 Å². The molecule has 196 valence electrons. The Morgan fingerprint density at radius 3 is 1.87 bits per heavy atom. The van der Waals surface area contributed by atoms with E-state index in [1.165, 1.54) is 9.80 Å². The number of nitrogens with zero attached hydrogens (tertiary/aromatic N) is 2. The van der Waals surface area contributed by atoms with Crippen LogP contribution in [0, 0.1) is 0 Å². The largest absolute Gasteiger partial charge is 0.480 e. The minimum absolute atomic E-state index is 0.135. The van der Waals surface area contributed by atoms with E-state index >= 15 is 0 Å². The first-order chi connectivity index (χ1) is 19.0. The molecule has 39 heavy (non-hydrogen) atoms. The van der Waals surface area contributed by atoms with Crippen LogP contribution in [-0.2, 0) is 16.9 Å². The van der Waals surface area contributed by atoms with E-state index in [9.17, 15) is 19.8 Å². The summed E-state index contributed by atoms with van der Waals surface area (Å²) in [6.45, 7) is -0.0534. The molecule has 2 amide bonds. The standard InChI is InChI=1S/C32H29N3O4/c33-19-27(36)28-29(30(37)38)35(31(39)34(28)20-21-11-3-1-4-12-21)32(22-13-5-2-6-14-22)25-17-9-7-15-23(25)24-16-8-10-18-26(24)32/h1-18,27-29,36H,19-20,33H2,(H,37,38)/t27-,28?,29+/m1/s1. The zero-order valence-electron chi connectivity index (χ0n) is 21.2. The first-order valence-corrected chi connectivity index (χ1v) is 13.0. The Morgan fingerprint density at radius 1 is 0.821 bits per heavy atom. The molecule has 7 nitrogen and oxygen atoms in total. The first kappa shape index (κ1) is 24.9. The van der Waals surface area contributed by atoms with E-state index in [2.05, 4.69) is 0 Å². The normalized spacial score (nSPS) is 20.0. The third kappa shape index (κ3) is 3.66. The third-order valence-electron chi connectivity index (χ3n) is 7.97. The lowest BCUT2D eigenvalue weighted by Crippen LogP contribution is -2.57. The molecule has 4 aromatic rings. The van der Waals surface area contributed by atoms with E-state index in [1.807, 2.05) is 109 Å². The summed E-state index contributed by atoms with van der Waals surface area (Å²) in [5, 5.41) is 21.9. The van der Waals surface area contributed by atoms with E-state index in [0.717, 1.165) is 33.4 Å². The van der Waals surface area contributed by atoms with E-state index < -0.39 is 35.7 Å². The number of aliphatic hydroxyl groups is 1. The fourth-order valence-corrected chi connectivity index (χ4v) is 6.43.